The van der Waals surface area contributed by atoms with E-state index >= 15 is 0 Å². The first-order valence-corrected chi connectivity index (χ1v) is 8.58. The molecule has 27 heavy (non-hydrogen) atoms. The number of alkyl halides is 3. The molecule has 1 saturated heterocycles. The molecule has 1 aromatic rings. The number of pyridine rings is 1. The van der Waals surface area contributed by atoms with Crippen LogP contribution in [-0.4, -0.2) is 64.5 Å². The number of nitrogens with zero attached hydrogens (tertiary/aromatic N) is 2. The number of hydrogen-bond acceptors (Lipinski definition) is 6. The molecule has 7 nitrogen and oxygen atoms in total. The summed E-state index contributed by atoms with van der Waals surface area (Å²) in [6.07, 6.45) is 0.276. The van der Waals surface area contributed by atoms with E-state index in [0.717, 1.165) is 44.3 Å². The summed E-state index contributed by atoms with van der Waals surface area (Å²) in [5.41, 5.74) is 6.00. The van der Waals surface area contributed by atoms with Gasteiger partial charge in [0.05, 0.1) is 12.7 Å². The molecule has 0 radical (unpaired) electrons. The minimum atomic E-state index is -5.08. The van der Waals surface area contributed by atoms with Gasteiger partial charge in [0.15, 0.2) is 0 Å². The number of rotatable bonds is 3. The highest BCUT2D eigenvalue weighted by Gasteiger charge is 2.39. The minimum absolute atomic E-state index is 0.349. The van der Waals surface area contributed by atoms with Crippen LogP contribution in [0.15, 0.2) is 18.3 Å². The molecule has 4 N–H and O–H groups in total. The topological polar surface area (TPSA) is 109 Å². The number of aliphatic hydroxyl groups is 1. The van der Waals surface area contributed by atoms with Crippen molar-refractivity contribution in [2.45, 2.75) is 49.5 Å². The number of hydrogen-bond donors (Lipinski definition) is 3. The molecule has 0 amide bonds. The number of halogens is 3. The average Bonchev–Trinajstić information content (AvgIpc) is 2.60. The third-order valence-electron chi connectivity index (χ3n) is 4.96. The van der Waals surface area contributed by atoms with Crippen LogP contribution in [0, 0.1) is 0 Å². The van der Waals surface area contributed by atoms with Crippen molar-refractivity contribution >= 4 is 5.97 Å². The van der Waals surface area contributed by atoms with Gasteiger partial charge in [-0.1, -0.05) is 0 Å². The van der Waals surface area contributed by atoms with E-state index in [9.17, 15) is 18.3 Å². The molecule has 0 spiro atoms. The van der Waals surface area contributed by atoms with Gasteiger partial charge in [-0.25, -0.2) is 9.78 Å². The molecule has 152 valence electrons. The lowest BCUT2D eigenvalue weighted by molar-refractivity contribution is -0.192. The Morgan fingerprint density at radius 2 is 1.89 bits per heavy atom. The van der Waals surface area contributed by atoms with E-state index in [4.69, 9.17) is 20.4 Å². The van der Waals surface area contributed by atoms with Crippen LogP contribution in [0.2, 0.25) is 0 Å². The van der Waals surface area contributed by atoms with Gasteiger partial charge in [-0.05, 0) is 31.7 Å². The highest BCUT2D eigenvalue weighted by molar-refractivity contribution is 5.73. The normalized spacial score (nSPS) is 26.5. The maximum absolute atomic E-state index is 10.8. The molecule has 3 rings (SSSR count). The van der Waals surface area contributed by atoms with Gasteiger partial charge in [0.25, 0.3) is 0 Å². The summed E-state index contributed by atoms with van der Waals surface area (Å²) in [6.45, 7) is 2.01. The summed E-state index contributed by atoms with van der Waals surface area (Å²) < 4.78 is 36.8. The van der Waals surface area contributed by atoms with Crippen molar-refractivity contribution in [1.82, 2.24) is 9.88 Å². The number of ether oxygens (including phenoxy) is 1. The van der Waals surface area contributed by atoms with Crippen LogP contribution in [0.5, 0.6) is 5.88 Å². The first-order valence-electron chi connectivity index (χ1n) is 8.58. The Labute approximate surface area is 154 Å². The molecule has 10 heteroatoms. The van der Waals surface area contributed by atoms with E-state index in [2.05, 4.69) is 9.88 Å². The first kappa shape index (κ1) is 21.4. The zero-order chi connectivity index (χ0) is 20.2. The zero-order valence-electron chi connectivity index (χ0n) is 14.9. The summed E-state index contributed by atoms with van der Waals surface area (Å²) in [6, 6.07) is 4.67. The number of aromatic nitrogens is 1. The Morgan fingerprint density at radius 3 is 2.26 bits per heavy atom. The number of carboxylic acids is 1. The van der Waals surface area contributed by atoms with Gasteiger partial charge >= 0.3 is 12.1 Å². The Hall–Kier alpha value is -1.91. The molecule has 1 aromatic heterocycles. The Morgan fingerprint density at radius 1 is 1.33 bits per heavy atom. The summed E-state index contributed by atoms with van der Waals surface area (Å²) in [4.78, 5) is 15.5. The highest BCUT2D eigenvalue weighted by Crippen LogP contribution is 2.39. The predicted molar refractivity (Wildman–Crippen MR) is 90.2 cm³/mol. The lowest BCUT2D eigenvalue weighted by Crippen LogP contribution is -2.60. The second-order valence-electron chi connectivity index (χ2n) is 6.87. The number of nitrogens with two attached hydrogens (primary N) is 1. The molecular formula is C17H24F3N3O4. The molecule has 1 aliphatic carbocycles. The summed E-state index contributed by atoms with van der Waals surface area (Å²) in [7, 11) is 1.60. The smallest absolute Gasteiger partial charge is 0.481 e. The molecule has 0 aromatic carbocycles. The number of carboxylic acid groups (broad SMARTS) is 1. The number of aliphatic carboxylic acids is 1. The van der Waals surface area contributed by atoms with Gasteiger partial charge < -0.3 is 20.7 Å². The molecule has 2 aliphatic rings. The van der Waals surface area contributed by atoms with Gasteiger partial charge in [-0.2, -0.15) is 13.2 Å². The van der Waals surface area contributed by atoms with E-state index in [1.165, 1.54) is 0 Å². The molecule has 2 heterocycles. The van der Waals surface area contributed by atoms with Crippen LogP contribution in [0.3, 0.4) is 0 Å². The standard InChI is InChI=1S/C15H23N3O2.C2HF3O2/c1-20-14-3-2-11(8-17-14)15(19)6-4-13(5-7-15)18-9-12(16)10-18;3-2(4,5)1(6)7/h2-3,8,12-13,19H,4-7,9-10,16H2,1H3;(H,6,7). The SMILES string of the molecule is COc1ccc(C2(O)CCC(N3CC(N)C3)CC2)cn1.O=C(O)C(F)(F)F. The van der Waals surface area contributed by atoms with Gasteiger partial charge in [0.2, 0.25) is 5.88 Å². The van der Waals surface area contributed by atoms with E-state index in [-0.39, 0.29) is 0 Å². The molecule has 0 unspecified atom stereocenters. The molecule has 2 fully saturated rings. The molecular weight excluding hydrogens is 367 g/mol. The van der Waals surface area contributed by atoms with Gasteiger partial charge in [-0.3, -0.25) is 4.90 Å². The fraction of sp³-hybridized carbons (Fsp3) is 0.647. The van der Waals surface area contributed by atoms with Crippen molar-refractivity contribution in [2.24, 2.45) is 5.73 Å². The number of methoxy groups -OCH3 is 1. The second-order valence-corrected chi connectivity index (χ2v) is 6.87. The van der Waals surface area contributed by atoms with Crippen LogP contribution in [-0.2, 0) is 10.4 Å². The predicted octanol–water partition coefficient (Wildman–Crippen LogP) is 1.50. The lowest BCUT2D eigenvalue weighted by atomic mass is 9.77. The molecule has 0 atom stereocenters. The van der Waals surface area contributed by atoms with Crippen molar-refractivity contribution in [3.05, 3.63) is 23.9 Å². The van der Waals surface area contributed by atoms with Crippen LogP contribution in [0.25, 0.3) is 0 Å². The van der Waals surface area contributed by atoms with Crippen molar-refractivity contribution in [3.8, 4) is 5.88 Å². The zero-order valence-corrected chi connectivity index (χ0v) is 14.9. The van der Waals surface area contributed by atoms with Crippen LogP contribution in [0.4, 0.5) is 13.2 Å². The van der Waals surface area contributed by atoms with E-state index in [0.29, 0.717) is 18.0 Å². The Balaban J connectivity index is 0.000000321. The fourth-order valence-electron chi connectivity index (χ4n) is 3.36. The number of likely N-dealkylation sites (tertiary alicyclic amines) is 1. The van der Waals surface area contributed by atoms with Gasteiger partial charge in [0, 0.05) is 43.0 Å². The van der Waals surface area contributed by atoms with Gasteiger partial charge in [0.1, 0.15) is 0 Å². The second kappa shape index (κ2) is 8.41. The monoisotopic (exact) mass is 391 g/mol. The molecule has 1 aliphatic heterocycles. The summed E-state index contributed by atoms with van der Waals surface area (Å²) >= 11 is 0. The third-order valence-corrected chi connectivity index (χ3v) is 4.96. The average molecular weight is 391 g/mol. The van der Waals surface area contributed by atoms with Crippen molar-refractivity contribution < 1.29 is 32.9 Å². The van der Waals surface area contributed by atoms with Crippen molar-refractivity contribution in [2.75, 3.05) is 20.2 Å². The maximum Gasteiger partial charge on any atom is 0.490 e. The summed E-state index contributed by atoms with van der Waals surface area (Å²) in [5.74, 6) is -2.17. The highest BCUT2D eigenvalue weighted by atomic mass is 19.4. The third kappa shape index (κ3) is 5.53. The number of carbonyl (C=O) groups is 1. The van der Waals surface area contributed by atoms with Crippen LogP contribution < -0.4 is 10.5 Å². The van der Waals surface area contributed by atoms with Crippen molar-refractivity contribution in [3.63, 3.8) is 0 Å². The molecule has 0 bridgehead atoms. The Bertz CT molecular complexity index is 625. The van der Waals surface area contributed by atoms with Crippen molar-refractivity contribution in [1.29, 1.82) is 0 Å². The van der Waals surface area contributed by atoms with E-state index in [1.54, 1.807) is 13.3 Å². The van der Waals surface area contributed by atoms with Crippen LogP contribution >= 0.6 is 0 Å². The fourth-order valence-corrected chi connectivity index (χ4v) is 3.36. The minimum Gasteiger partial charge on any atom is -0.481 e. The van der Waals surface area contributed by atoms with E-state index in [1.807, 2.05) is 12.1 Å². The van der Waals surface area contributed by atoms with Gasteiger partial charge in [-0.15, -0.1) is 0 Å². The molecule has 1 saturated carbocycles. The first-order chi connectivity index (χ1) is 12.5. The maximum atomic E-state index is 10.8. The lowest BCUT2D eigenvalue weighted by Gasteiger charge is -2.47. The van der Waals surface area contributed by atoms with Crippen LogP contribution in [0.1, 0.15) is 31.2 Å². The quantitative estimate of drug-likeness (QED) is 0.716. The Kier molecular flexibility index (Phi) is 6.66. The summed E-state index contributed by atoms with van der Waals surface area (Å²) in [5, 5.41) is 17.9. The largest absolute Gasteiger partial charge is 0.490 e. The van der Waals surface area contributed by atoms with E-state index < -0.39 is 17.7 Å².